The van der Waals surface area contributed by atoms with Gasteiger partial charge in [-0.15, -0.1) is 11.8 Å². The molecule has 0 aliphatic carbocycles. The Morgan fingerprint density at radius 2 is 2.08 bits per heavy atom. The summed E-state index contributed by atoms with van der Waals surface area (Å²) in [5, 5.41) is 6.30. The maximum atomic E-state index is 13.8. The predicted octanol–water partition coefficient (Wildman–Crippen LogP) is 2.25. The highest BCUT2D eigenvalue weighted by molar-refractivity contribution is 8.00. The number of halogens is 1. The third-order valence-corrected chi connectivity index (χ3v) is 5.46. The molecule has 5 nitrogen and oxygen atoms in total. The van der Waals surface area contributed by atoms with Gasteiger partial charge < -0.3 is 15.4 Å². The van der Waals surface area contributed by atoms with Crippen molar-refractivity contribution in [2.45, 2.75) is 24.7 Å². The minimum atomic E-state index is -0.549. The number of piperidine rings is 1. The monoisotopic (exact) mass is 368 g/mol. The number of nitrogens with one attached hydrogen (secondary N) is 2. The van der Waals surface area contributed by atoms with Crippen LogP contribution >= 0.6 is 11.8 Å². The lowest BCUT2D eigenvalue weighted by molar-refractivity contribution is -0.119. The second kappa shape index (κ2) is 9.31. The van der Waals surface area contributed by atoms with Gasteiger partial charge in [0.15, 0.2) is 5.78 Å². The van der Waals surface area contributed by atoms with Gasteiger partial charge >= 0.3 is 0 Å². The smallest absolute Gasteiger partial charge is 0.230 e. The van der Waals surface area contributed by atoms with Gasteiger partial charge in [-0.2, -0.15) is 0 Å². The second-order valence-electron chi connectivity index (χ2n) is 6.45. The molecule has 1 amide bonds. The molecule has 2 N–H and O–H groups in total. The van der Waals surface area contributed by atoms with Crippen LogP contribution in [0.15, 0.2) is 23.1 Å². The fraction of sp³-hybridized carbons (Fsp3) is 0.556. The quantitative estimate of drug-likeness (QED) is 0.544. The first kappa shape index (κ1) is 19.9. The van der Waals surface area contributed by atoms with Crippen LogP contribution in [0.25, 0.3) is 0 Å². The summed E-state index contributed by atoms with van der Waals surface area (Å²) < 4.78 is 19.1. The lowest BCUT2D eigenvalue weighted by Crippen LogP contribution is -2.47. The summed E-state index contributed by atoms with van der Waals surface area (Å²) in [5.74, 6) is -0.737. The molecule has 1 aromatic carbocycles. The first-order chi connectivity index (χ1) is 12.0. The molecule has 1 aliphatic rings. The SMILES string of the molecule is COCC1(CNC(=O)CSc2ccc(C(C)=O)c(F)c2)CCNCC1. The molecule has 1 fully saturated rings. The van der Waals surface area contributed by atoms with Gasteiger partial charge in [-0.05, 0) is 51.1 Å². The van der Waals surface area contributed by atoms with Crippen molar-refractivity contribution >= 4 is 23.5 Å². The van der Waals surface area contributed by atoms with Crippen molar-refractivity contribution in [2.24, 2.45) is 5.41 Å². The lowest BCUT2D eigenvalue weighted by Gasteiger charge is -2.37. The van der Waals surface area contributed by atoms with Gasteiger partial charge in [0.2, 0.25) is 5.91 Å². The van der Waals surface area contributed by atoms with E-state index in [1.165, 1.54) is 30.8 Å². The largest absolute Gasteiger partial charge is 0.384 e. The number of thioether (sulfide) groups is 1. The van der Waals surface area contributed by atoms with E-state index in [0.29, 0.717) is 18.0 Å². The van der Waals surface area contributed by atoms with Crippen LogP contribution < -0.4 is 10.6 Å². The predicted molar refractivity (Wildman–Crippen MR) is 96.6 cm³/mol. The van der Waals surface area contributed by atoms with Gasteiger partial charge in [0, 0.05) is 24.0 Å². The zero-order valence-corrected chi connectivity index (χ0v) is 15.5. The molecule has 7 heteroatoms. The van der Waals surface area contributed by atoms with Crippen molar-refractivity contribution < 1.29 is 18.7 Å². The number of ether oxygens (including phenoxy) is 1. The number of carbonyl (C=O) groups is 2. The summed E-state index contributed by atoms with van der Waals surface area (Å²) in [5.41, 5.74) is 0.0523. The minimum absolute atomic E-state index is 0.0183. The third kappa shape index (κ3) is 5.80. The van der Waals surface area contributed by atoms with Gasteiger partial charge in [0.25, 0.3) is 0 Å². The van der Waals surface area contributed by atoms with E-state index in [2.05, 4.69) is 10.6 Å². The molecule has 1 saturated heterocycles. The molecule has 0 saturated carbocycles. The van der Waals surface area contributed by atoms with Gasteiger partial charge in [-0.3, -0.25) is 9.59 Å². The van der Waals surface area contributed by atoms with E-state index in [0.717, 1.165) is 25.9 Å². The van der Waals surface area contributed by atoms with Crippen LogP contribution in [0.1, 0.15) is 30.1 Å². The molecule has 0 spiro atoms. The average molecular weight is 368 g/mol. The first-order valence-electron chi connectivity index (χ1n) is 8.35. The Bertz CT molecular complexity index is 613. The molecule has 0 bridgehead atoms. The van der Waals surface area contributed by atoms with E-state index >= 15 is 0 Å². The topological polar surface area (TPSA) is 67.4 Å². The van der Waals surface area contributed by atoms with Crippen molar-refractivity contribution in [3.8, 4) is 0 Å². The van der Waals surface area contributed by atoms with Crippen LogP contribution in [-0.2, 0) is 9.53 Å². The van der Waals surface area contributed by atoms with Gasteiger partial charge in [0.1, 0.15) is 5.82 Å². The molecule has 0 atom stereocenters. The van der Waals surface area contributed by atoms with Gasteiger partial charge in [0.05, 0.1) is 17.9 Å². The Balaban J connectivity index is 1.84. The molecule has 1 heterocycles. The Kier molecular flexibility index (Phi) is 7.40. The van der Waals surface area contributed by atoms with E-state index in [-0.39, 0.29) is 28.4 Å². The lowest BCUT2D eigenvalue weighted by atomic mass is 9.79. The zero-order chi connectivity index (χ0) is 18.3. The highest BCUT2D eigenvalue weighted by atomic mass is 32.2. The maximum absolute atomic E-state index is 13.8. The highest BCUT2D eigenvalue weighted by Gasteiger charge is 2.32. The van der Waals surface area contributed by atoms with Gasteiger partial charge in [-0.1, -0.05) is 0 Å². The van der Waals surface area contributed by atoms with Crippen molar-refractivity contribution in [1.29, 1.82) is 0 Å². The summed E-state index contributed by atoms with van der Waals surface area (Å²) in [4.78, 5) is 24.0. The average Bonchev–Trinajstić information content (AvgIpc) is 2.59. The first-order valence-corrected chi connectivity index (χ1v) is 9.34. The number of methoxy groups -OCH3 is 1. The third-order valence-electron chi connectivity index (χ3n) is 4.47. The fourth-order valence-corrected chi connectivity index (χ4v) is 3.74. The van der Waals surface area contributed by atoms with Crippen LogP contribution in [0.4, 0.5) is 4.39 Å². The van der Waals surface area contributed by atoms with E-state index in [1.54, 1.807) is 13.2 Å². The molecule has 0 aromatic heterocycles. The fourth-order valence-electron chi connectivity index (χ4n) is 2.99. The van der Waals surface area contributed by atoms with Crippen LogP contribution in [0.3, 0.4) is 0 Å². The van der Waals surface area contributed by atoms with Crippen molar-refractivity contribution in [3.05, 3.63) is 29.6 Å². The van der Waals surface area contributed by atoms with Gasteiger partial charge in [-0.25, -0.2) is 4.39 Å². The summed E-state index contributed by atoms with van der Waals surface area (Å²) in [7, 11) is 1.68. The molecule has 1 aromatic rings. The molecule has 0 radical (unpaired) electrons. The Morgan fingerprint density at radius 3 is 2.68 bits per heavy atom. The van der Waals surface area contributed by atoms with E-state index in [9.17, 15) is 14.0 Å². The molecule has 138 valence electrons. The molecule has 2 rings (SSSR count). The summed E-state index contributed by atoms with van der Waals surface area (Å²) in [6.07, 6.45) is 1.93. The summed E-state index contributed by atoms with van der Waals surface area (Å²) >= 11 is 1.26. The minimum Gasteiger partial charge on any atom is -0.384 e. The van der Waals surface area contributed by atoms with Crippen molar-refractivity contribution in [1.82, 2.24) is 10.6 Å². The summed E-state index contributed by atoms with van der Waals surface area (Å²) in [6, 6.07) is 4.42. The number of benzene rings is 1. The van der Waals surface area contributed by atoms with Crippen molar-refractivity contribution in [3.63, 3.8) is 0 Å². The second-order valence-corrected chi connectivity index (χ2v) is 7.50. The number of Topliss-reactive ketones (excluding diaryl/α,β-unsaturated/α-hetero) is 1. The standard InChI is InChI=1S/C18H25FN2O3S/c1-13(22)15-4-3-14(9-16(15)19)25-10-17(23)21-11-18(12-24-2)5-7-20-8-6-18/h3-4,9,20H,5-8,10-12H2,1-2H3,(H,21,23). The highest BCUT2D eigenvalue weighted by Crippen LogP contribution is 2.28. The number of amides is 1. The Hall–Kier alpha value is -1.44. The van der Waals surface area contributed by atoms with Crippen LogP contribution in [-0.4, -0.2) is 50.8 Å². The number of hydrogen-bond donors (Lipinski definition) is 2. The number of hydrogen-bond acceptors (Lipinski definition) is 5. The molecule has 25 heavy (non-hydrogen) atoms. The number of carbonyl (C=O) groups excluding carboxylic acids is 2. The van der Waals surface area contributed by atoms with Crippen molar-refractivity contribution in [2.75, 3.05) is 39.1 Å². The zero-order valence-electron chi connectivity index (χ0n) is 14.7. The Morgan fingerprint density at radius 1 is 1.36 bits per heavy atom. The maximum Gasteiger partial charge on any atom is 0.230 e. The van der Waals surface area contributed by atoms with Crippen LogP contribution in [0.5, 0.6) is 0 Å². The molecule has 1 aliphatic heterocycles. The number of ketones is 1. The molecule has 0 unspecified atom stereocenters. The van der Waals surface area contributed by atoms with Crippen LogP contribution in [0, 0.1) is 11.2 Å². The number of rotatable bonds is 8. The van der Waals surface area contributed by atoms with Crippen LogP contribution in [0.2, 0.25) is 0 Å². The normalized spacial score (nSPS) is 16.4. The van der Waals surface area contributed by atoms with E-state index < -0.39 is 5.82 Å². The van der Waals surface area contributed by atoms with E-state index in [1.807, 2.05) is 0 Å². The van der Waals surface area contributed by atoms with E-state index in [4.69, 9.17) is 4.74 Å². The summed E-state index contributed by atoms with van der Waals surface area (Å²) in [6.45, 7) is 4.39. The Labute approximate surface area is 152 Å². The molecular formula is C18H25FN2O3S. The molecular weight excluding hydrogens is 343 g/mol.